The summed E-state index contributed by atoms with van der Waals surface area (Å²) in [5.74, 6) is -0.306. The molecule has 4 nitrogen and oxygen atoms in total. The van der Waals surface area contributed by atoms with Crippen LogP contribution in [0, 0.1) is 11.7 Å². The Morgan fingerprint density at radius 2 is 2.10 bits per heavy atom. The largest absolute Gasteiger partial charge is 0.469 e. The zero-order valence-electron chi connectivity index (χ0n) is 11.5. The number of rotatable bonds is 7. The van der Waals surface area contributed by atoms with Gasteiger partial charge in [0.2, 0.25) is 5.91 Å². The van der Waals surface area contributed by atoms with Crippen molar-refractivity contribution >= 4 is 23.6 Å². The minimum atomic E-state index is -0.334. The van der Waals surface area contributed by atoms with Crippen molar-refractivity contribution in [3.8, 4) is 0 Å². The second-order valence-electron chi connectivity index (χ2n) is 4.31. The first-order valence-corrected chi connectivity index (χ1v) is 7.35. The van der Waals surface area contributed by atoms with Gasteiger partial charge in [0.1, 0.15) is 5.82 Å². The lowest BCUT2D eigenvalue weighted by Crippen LogP contribution is -2.26. The fourth-order valence-corrected chi connectivity index (χ4v) is 2.38. The molecule has 1 aromatic carbocycles. The summed E-state index contributed by atoms with van der Waals surface area (Å²) >= 11 is 1.35. The molecule has 0 aliphatic heterocycles. The van der Waals surface area contributed by atoms with Gasteiger partial charge < -0.3 is 10.1 Å². The second-order valence-corrected chi connectivity index (χ2v) is 5.34. The topological polar surface area (TPSA) is 55.4 Å². The molecule has 20 heavy (non-hydrogen) atoms. The summed E-state index contributed by atoms with van der Waals surface area (Å²) in [4.78, 5) is 22.7. The fourth-order valence-electron chi connectivity index (χ4n) is 1.48. The molecule has 0 heterocycles. The van der Waals surface area contributed by atoms with Crippen LogP contribution in [0.5, 0.6) is 0 Å². The third-order valence-corrected chi connectivity index (χ3v) is 3.84. The number of halogens is 1. The molecule has 0 fully saturated rings. The van der Waals surface area contributed by atoms with E-state index in [0.29, 0.717) is 11.3 Å². The van der Waals surface area contributed by atoms with Gasteiger partial charge in [-0.1, -0.05) is 25.1 Å². The molecule has 0 saturated carbocycles. The number of esters is 1. The molecule has 0 aliphatic rings. The lowest BCUT2D eigenvalue weighted by molar-refractivity contribution is -0.144. The number of thioether (sulfide) groups is 1. The predicted octanol–water partition coefficient (Wildman–Crippen LogP) is 1.98. The molecule has 0 bridgehead atoms. The first-order chi connectivity index (χ1) is 9.54. The molecule has 0 radical (unpaired) electrons. The van der Waals surface area contributed by atoms with Gasteiger partial charge >= 0.3 is 5.97 Å². The van der Waals surface area contributed by atoms with Gasteiger partial charge in [-0.15, -0.1) is 0 Å². The predicted molar refractivity (Wildman–Crippen MR) is 76.8 cm³/mol. The first kappa shape index (κ1) is 16.5. The minimum absolute atomic E-state index is 0.165. The van der Waals surface area contributed by atoms with Crippen LogP contribution < -0.4 is 5.32 Å². The van der Waals surface area contributed by atoms with Crippen molar-refractivity contribution in [2.24, 2.45) is 5.92 Å². The van der Waals surface area contributed by atoms with Crippen LogP contribution in [0.2, 0.25) is 0 Å². The quantitative estimate of drug-likeness (QED) is 0.782. The summed E-state index contributed by atoms with van der Waals surface area (Å²) in [6.07, 6.45) is 0. The number of benzene rings is 1. The number of amides is 1. The van der Waals surface area contributed by atoms with E-state index < -0.39 is 0 Å². The molecule has 1 amide bonds. The van der Waals surface area contributed by atoms with Crippen LogP contribution in [0.1, 0.15) is 12.5 Å². The Kier molecular flexibility index (Phi) is 7.08. The zero-order chi connectivity index (χ0) is 15.0. The van der Waals surface area contributed by atoms with E-state index in [-0.39, 0.29) is 35.9 Å². The molecular weight excluding hydrogens is 281 g/mol. The van der Waals surface area contributed by atoms with Crippen LogP contribution in [0.25, 0.3) is 0 Å². The summed E-state index contributed by atoms with van der Waals surface area (Å²) in [7, 11) is 1.34. The highest BCUT2D eigenvalue weighted by Gasteiger charge is 2.13. The third kappa shape index (κ3) is 5.61. The van der Waals surface area contributed by atoms with Crippen molar-refractivity contribution in [2.75, 3.05) is 18.6 Å². The number of methoxy groups -OCH3 is 1. The van der Waals surface area contributed by atoms with Crippen molar-refractivity contribution < 1.29 is 18.7 Å². The maximum Gasteiger partial charge on any atom is 0.309 e. The Hall–Kier alpha value is -1.56. The van der Waals surface area contributed by atoms with Crippen molar-refractivity contribution in [1.82, 2.24) is 5.32 Å². The van der Waals surface area contributed by atoms with Crippen molar-refractivity contribution in [3.63, 3.8) is 0 Å². The number of hydrogen-bond acceptors (Lipinski definition) is 4. The van der Waals surface area contributed by atoms with Gasteiger partial charge in [0.15, 0.2) is 0 Å². The summed E-state index contributed by atoms with van der Waals surface area (Å²) in [6, 6.07) is 6.30. The molecule has 0 saturated heterocycles. The van der Waals surface area contributed by atoms with Crippen LogP contribution in [-0.2, 0) is 20.9 Å². The summed E-state index contributed by atoms with van der Waals surface area (Å²) in [5.41, 5.74) is 0.453. The summed E-state index contributed by atoms with van der Waals surface area (Å²) < 4.78 is 17.9. The van der Waals surface area contributed by atoms with E-state index in [1.54, 1.807) is 25.1 Å². The maximum absolute atomic E-state index is 13.3. The normalized spacial score (nSPS) is 11.8. The van der Waals surface area contributed by atoms with Crippen molar-refractivity contribution in [2.45, 2.75) is 13.5 Å². The lowest BCUT2D eigenvalue weighted by atomic mass is 10.2. The molecular formula is C14H18FNO3S. The van der Waals surface area contributed by atoms with Crippen LogP contribution in [0.3, 0.4) is 0 Å². The van der Waals surface area contributed by atoms with Crippen LogP contribution in [0.15, 0.2) is 24.3 Å². The third-order valence-electron chi connectivity index (χ3n) is 2.64. The van der Waals surface area contributed by atoms with E-state index in [2.05, 4.69) is 10.1 Å². The second kappa shape index (κ2) is 8.58. The van der Waals surface area contributed by atoms with E-state index in [9.17, 15) is 14.0 Å². The Balaban J connectivity index is 2.24. The SMILES string of the molecule is COC(=O)C(C)CSCC(=O)NCc1ccccc1F. The van der Waals surface area contributed by atoms with Crippen molar-refractivity contribution in [3.05, 3.63) is 35.6 Å². The molecule has 6 heteroatoms. The lowest BCUT2D eigenvalue weighted by Gasteiger charge is -2.09. The highest BCUT2D eigenvalue weighted by Crippen LogP contribution is 2.10. The smallest absolute Gasteiger partial charge is 0.309 e. The van der Waals surface area contributed by atoms with Gasteiger partial charge in [0.05, 0.1) is 18.8 Å². The van der Waals surface area contributed by atoms with Gasteiger partial charge in [-0.05, 0) is 6.07 Å². The first-order valence-electron chi connectivity index (χ1n) is 6.20. The minimum Gasteiger partial charge on any atom is -0.469 e. The average Bonchev–Trinajstić information content (AvgIpc) is 2.45. The van der Waals surface area contributed by atoms with Gasteiger partial charge in [-0.3, -0.25) is 9.59 Å². The monoisotopic (exact) mass is 299 g/mol. The molecule has 0 aromatic heterocycles. The van der Waals surface area contributed by atoms with E-state index in [1.807, 2.05) is 0 Å². The Morgan fingerprint density at radius 3 is 2.75 bits per heavy atom. The molecule has 1 N–H and O–H groups in total. The molecule has 1 rings (SSSR count). The summed E-state index contributed by atoms with van der Waals surface area (Å²) in [6.45, 7) is 1.91. The highest BCUT2D eigenvalue weighted by atomic mass is 32.2. The highest BCUT2D eigenvalue weighted by molar-refractivity contribution is 7.99. The van der Waals surface area contributed by atoms with Crippen LogP contribution in [0.4, 0.5) is 4.39 Å². The van der Waals surface area contributed by atoms with E-state index in [1.165, 1.54) is 24.9 Å². The Labute approximate surface area is 122 Å². The molecule has 0 aliphatic carbocycles. The number of carbonyl (C=O) groups is 2. The molecule has 1 unspecified atom stereocenters. The molecule has 1 atom stereocenters. The molecule has 1 aromatic rings. The standard InChI is InChI=1S/C14H18FNO3S/c1-10(14(18)19-2)8-20-9-13(17)16-7-11-5-3-4-6-12(11)15/h3-6,10H,7-9H2,1-2H3,(H,16,17). The fraction of sp³-hybridized carbons (Fsp3) is 0.429. The average molecular weight is 299 g/mol. The number of carbonyl (C=O) groups excluding carboxylic acids is 2. The van der Waals surface area contributed by atoms with Gasteiger partial charge in [0, 0.05) is 17.9 Å². The van der Waals surface area contributed by atoms with E-state index >= 15 is 0 Å². The van der Waals surface area contributed by atoms with Gasteiger partial charge in [-0.2, -0.15) is 11.8 Å². The van der Waals surface area contributed by atoms with Gasteiger partial charge in [0.25, 0.3) is 0 Å². The Morgan fingerprint density at radius 1 is 1.40 bits per heavy atom. The maximum atomic E-state index is 13.3. The van der Waals surface area contributed by atoms with E-state index in [0.717, 1.165) is 0 Å². The van der Waals surface area contributed by atoms with Crippen LogP contribution >= 0.6 is 11.8 Å². The van der Waals surface area contributed by atoms with Gasteiger partial charge in [-0.25, -0.2) is 4.39 Å². The van der Waals surface area contributed by atoms with Crippen molar-refractivity contribution in [1.29, 1.82) is 0 Å². The number of nitrogens with one attached hydrogen (secondary N) is 1. The number of hydrogen-bond donors (Lipinski definition) is 1. The summed E-state index contributed by atoms with van der Waals surface area (Å²) in [5, 5.41) is 2.64. The zero-order valence-corrected chi connectivity index (χ0v) is 12.3. The van der Waals surface area contributed by atoms with E-state index in [4.69, 9.17) is 0 Å². The molecule has 110 valence electrons. The number of ether oxygens (including phenoxy) is 1. The van der Waals surface area contributed by atoms with Crippen LogP contribution in [-0.4, -0.2) is 30.5 Å². The molecule has 0 spiro atoms. The Bertz CT molecular complexity index is 467.